The van der Waals surface area contributed by atoms with Gasteiger partial charge >= 0.3 is 0 Å². The zero-order valence-electron chi connectivity index (χ0n) is 20.3. The summed E-state index contributed by atoms with van der Waals surface area (Å²) in [5.74, 6) is 1.10. The van der Waals surface area contributed by atoms with Crippen LogP contribution in [0.3, 0.4) is 0 Å². The molecule has 13 nitrogen and oxygen atoms in total. The van der Waals surface area contributed by atoms with Crippen LogP contribution in [0.5, 0.6) is 0 Å². The number of carbonyl (C=O) groups excluding carboxylic acids is 1. The van der Waals surface area contributed by atoms with Crippen LogP contribution in [0.15, 0.2) is 57.5 Å². The van der Waals surface area contributed by atoms with Crippen LogP contribution in [0.2, 0.25) is 0 Å². The van der Waals surface area contributed by atoms with E-state index in [1.54, 1.807) is 26.2 Å². The largest absolute Gasteiger partial charge is 0.502 e. The summed E-state index contributed by atoms with van der Waals surface area (Å²) >= 11 is 0. The zero-order valence-corrected chi connectivity index (χ0v) is 20.3. The topological polar surface area (TPSA) is 170 Å². The summed E-state index contributed by atoms with van der Waals surface area (Å²) < 4.78 is 11.8. The molecule has 0 radical (unpaired) electrons. The zero-order chi connectivity index (χ0) is 25.9. The minimum Gasteiger partial charge on any atom is -0.502 e. The average molecular weight is 502 g/mol. The van der Waals surface area contributed by atoms with Gasteiger partial charge in [-0.05, 0) is 23.9 Å². The van der Waals surface area contributed by atoms with Gasteiger partial charge in [0.2, 0.25) is 23.4 Å². The molecule has 5 aromatic rings. The van der Waals surface area contributed by atoms with E-state index in [1.165, 1.54) is 4.68 Å². The highest BCUT2D eigenvalue weighted by Crippen LogP contribution is 2.27. The number of aryl methyl sites for hydroxylation is 3. The van der Waals surface area contributed by atoms with Crippen molar-refractivity contribution in [2.75, 3.05) is 10.6 Å². The number of nitrogens with zero attached hydrogens (tertiary/aromatic N) is 7. The number of aromatic nitrogens is 7. The lowest BCUT2D eigenvalue weighted by Gasteiger charge is -2.07. The van der Waals surface area contributed by atoms with Crippen LogP contribution in [0, 0.1) is 6.92 Å². The van der Waals surface area contributed by atoms with Gasteiger partial charge in [-0.15, -0.1) is 0 Å². The van der Waals surface area contributed by atoms with Gasteiger partial charge in [0.1, 0.15) is 11.5 Å². The highest BCUT2D eigenvalue weighted by Gasteiger charge is 2.17. The lowest BCUT2D eigenvalue weighted by atomic mass is 10.1. The van der Waals surface area contributed by atoms with Crippen molar-refractivity contribution < 1.29 is 18.9 Å². The van der Waals surface area contributed by atoms with Crippen LogP contribution >= 0.6 is 0 Å². The fourth-order valence-corrected chi connectivity index (χ4v) is 3.63. The Balaban J connectivity index is 1.31. The van der Waals surface area contributed by atoms with E-state index in [9.17, 15) is 9.90 Å². The fourth-order valence-electron chi connectivity index (χ4n) is 3.63. The first kappa shape index (κ1) is 23.7. The minimum absolute atomic E-state index is 0.215. The Bertz CT molecular complexity index is 1620. The van der Waals surface area contributed by atoms with Crippen molar-refractivity contribution in [1.29, 1.82) is 0 Å². The van der Waals surface area contributed by atoms with E-state index in [0.717, 1.165) is 29.0 Å². The average Bonchev–Trinajstić information content (AvgIpc) is 3.62. The lowest BCUT2D eigenvalue weighted by Crippen LogP contribution is -2.15. The monoisotopic (exact) mass is 501 g/mol. The van der Waals surface area contributed by atoms with Crippen LogP contribution in [0.25, 0.3) is 33.7 Å². The van der Waals surface area contributed by atoms with E-state index in [2.05, 4.69) is 41.0 Å². The molecule has 0 bridgehead atoms. The molecule has 0 unspecified atom stereocenters. The summed E-state index contributed by atoms with van der Waals surface area (Å²) in [6, 6.07) is 9.05. The summed E-state index contributed by atoms with van der Waals surface area (Å²) in [7, 11) is 1.69. The molecule has 0 aliphatic rings. The normalized spacial score (nSPS) is 11.7. The SMILES string of the molecule is CCCc1nc(-c2cc(NC(=O)C(O)=CNc3nccc4ccc(-c5noc(C)n5)cc34)nn2C)no1. The lowest BCUT2D eigenvalue weighted by molar-refractivity contribution is -0.115. The van der Waals surface area contributed by atoms with Gasteiger partial charge in [-0.1, -0.05) is 29.4 Å². The van der Waals surface area contributed by atoms with E-state index >= 15 is 0 Å². The van der Waals surface area contributed by atoms with Crippen molar-refractivity contribution in [3.05, 3.63) is 60.3 Å². The van der Waals surface area contributed by atoms with Gasteiger partial charge in [-0.2, -0.15) is 15.1 Å². The number of hydrogen-bond donors (Lipinski definition) is 3. The third kappa shape index (κ3) is 5.00. The second-order valence-corrected chi connectivity index (χ2v) is 8.16. The third-order valence-corrected chi connectivity index (χ3v) is 5.41. The van der Waals surface area contributed by atoms with Crippen molar-refractivity contribution in [2.45, 2.75) is 26.7 Å². The standard InChI is InChI=1S/C24H23N9O4/c1-4-5-20-29-23(32-37-20)17-11-19(30-33(17)3)28-24(35)18(34)12-26-22-16-10-15(21-27-13(2)36-31-21)7-6-14(16)8-9-25-22/h6-12,34H,4-5H2,1-3H3,(H,25,26)(H,28,30,35). The molecule has 0 aliphatic carbocycles. The number of rotatable bonds is 8. The van der Waals surface area contributed by atoms with E-state index < -0.39 is 11.7 Å². The second-order valence-electron chi connectivity index (χ2n) is 8.16. The maximum Gasteiger partial charge on any atom is 0.293 e. The Labute approximate surface area is 210 Å². The van der Waals surface area contributed by atoms with Crippen LogP contribution in [0.4, 0.5) is 11.6 Å². The Kier molecular flexibility index (Phi) is 6.32. The number of benzene rings is 1. The summed E-state index contributed by atoms with van der Waals surface area (Å²) in [6.07, 6.45) is 4.32. The van der Waals surface area contributed by atoms with E-state index in [-0.39, 0.29) is 5.82 Å². The number of fused-ring (bicyclic) bond motifs is 1. The van der Waals surface area contributed by atoms with Crippen molar-refractivity contribution in [3.8, 4) is 22.9 Å². The number of carbonyl (C=O) groups is 1. The van der Waals surface area contributed by atoms with Crippen molar-refractivity contribution in [1.82, 2.24) is 35.0 Å². The molecule has 3 N–H and O–H groups in total. The molecule has 37 heavy (non-hydrogen) atoms. The van der Waals surface area contributed by atoms with Crippen LogP contribution < -0.4 is 10.6 Å². The molecule has 0 spiro atoms. The van der Waals surface area contributed by atoms with Crippen LogP contribution in [-0.2, 0) is 18.3 Å². The van der Waals surface area contributed by atoms with Crippen molar-refractivity contribution >= 4 is 28.3 Å². The van der Waals surface area contributed by atoms with Gasteiger partial charge in [0.05, 0.1) is 6.20 Å². The van der Waals surface area contributed by atoms with Crippen molar-refractivity contribution in [3.63, 3.8) is 0 Å². The number of hydrogen-bond acceptors (Lipinski definition) is 11. The summed E-state index contributed by atoms with van der Waals surface area (Å²) in [5, 5.41) is 29.6. The first-order valence-corrected chi connectivity index (χ1v) is 11.4. The number of aliphatic hydroxyl groups excluding tert-OH is 1. The molecular formula is C24H23N9O4. The number of nitrogens with one attached hydrogen (secondary N) is 2. The highest BCUT2D eigenvalue weighted by molar-refractivity contribution is 6.02. The maximum atomic E-state index is 12.6. The Morgan fingerprint density at radius 3 is 2.76 bits per heavy atom. The molecule has 0 fully saturated rings. The summed E-state index contributed by atoms with van der Waals surface area (Å²) in [6.45, 7) is 3.73. The van der Waals surface area contributed by atoms with Gasteiger partial charge in [-0.3, -0.25) is 9.48 Å². The maximum absolute atomic E-state index is 12.6. The van der Waals surface area contributed by atoms with Gasteiger partial charge < -0.3 is 24.8 Å². The molecule has 5 rings (SSSR count). The van der Waals surface area contributed by atoms with Gasteiger partial charge in [0, 0.05) is 43.6 Å². The molecule has 0 saturated heterocycles. The number of anilines is 2. The molecule has 13 heteroatoms. The molecule has 0 aliphatic heterocycles. The molecule has 0 atom stereocenters. The van der Waals surface area contributed by atoms with Crippen molar-refractivity contribution in [2.24, 2.45) is 7.05 Å². The Morgan fingerprint density at radius 2 is 1.97 bits per heavy atom. The van der Waals surface area contributed by atoms with E-state index in [4.69, 9.17) is 9.05 Å². The van der Waals surface area contributed by atoms with Gasteiger partial charge in [-0.25, -0.2) is 4.98 Å². The Morgan fingerprint density at radius 1 is 1.14 bits per heavy atom. The number of amides is 1. The predicted molar refractivity (Wildman–Crippen MR) is 133 cm³/mol. The molecule has 1 aromatic carbocycles. The summed E-state index contributed by atoms with van der Waals surface area (Å²) in [5.41, 5.74) is 1.29. The highest BCUT2D eigenvalue weighted by atomic mass is 16.5. The van der Waals surface area contributed by atoms with E-state index in [1.807, 2.05) is 31.2 Å². The minimum atomic E-state index is -0.764. The Hall–Kier alpha value is -5.07. The van der Waals surface area contributed by atoms with Crippen LogP contribution in [0.1, 0.15) is 25.1 Å². The predicted octanol–water partition coefficient (Wildman–Crippen LogP) is 3.78. The molecule has 188 valence electrons. The fraction of sp³-hybridized carbons (Fsp3) is 0.208. The first-order chi connectivity index (χ1) is 17.9. The quantitative estimate of drug-likeness (QED) is 0.209. The molecule has 1 amide bonds. The molecular weight excluding hydrogens is 478 g/mol. The number of aliphatic hydroxyl groups is 1. The number of pyridine rings is 1. The third-order valence-electron chi connectivity index (χ3n) is 5.41. The molecule has 0 saturated carbocycles. The second kappa shape index (κ2) is 9.89. The smallest absolute Gasteiger partial charge is 0.293 e. The molecule has 4 aromatic heterocycles. The van der Waals surface area contributed by atoms with E-state index in [0.29, 0.717) is 41.4 Å². The molecule has 4 heterocycles. The van der Waals surface area contributed by atoms with Gasteiger partial charge in [0.25, 0.3) is 5.91 Å². The van der Waals surface area contributed by atoms with Crippen LogP contribution in [-0.4, -0.2) is 46.1 Å². The van der Waals surface area contributed by atoms with Gasteiger partial charge in [0.15, 0.2) is 11.6 Å². The first-order valence-electron chi connectivity index (χ1n) is 11.4. The summed E-state index contributed by atoms with van der Waals surface area (Å²) in [4.78, 5) is 25.5.